The van der Waals surface area contributed by atoms with Crippen molar-refractivity contribution in [2.75, 3.05) is 0 Å². The average Bonchev–Trinajstić information content (AvgIpc) is 2.51. The van der Waals surface area contributed by atoms with E-state index in [4.69, 9.17) is 34.8 Å². The Hall–Kier alpha value is -0.480. The molecule has 0 spiro atoms. The molecule has 0 aromatic heterocycles. The van der Waals surface area contributed by atoms with Gasteiger partial charge < -0.3 is 0 Å². The molecule has 3 aliphatic rings. The van der Waals surface area contributed by atoms with Gasteiger partial charge in [0.15, 0.2) is 0 Å². The molecule has 3 radical (unpaired) electrons. The molecule has 0 fully saturated rings. The third-order valence-corrected chi connectivity index (χ3v) is 3.17. The summed E-state index contributed by atoms with van der Waals surface area (Å²) in [6, 6.07) is 0. The molecule has 0 bridgehead atoms. The van der Waals surface area contributed by atoms with E-state index in [0.29, 0.717) is 0 Å². The second-order valence-electron chi connectivity index (χ2n) is 4.07. The Kier molecular flexibility index (Phi) is 13.8. The molecule has 0 aliphatic heterocycles. The van der Waals surface area contributed by atoms with E-state index in [1.807, 2.05) is 54.7 Å². The van der Waals surface area contributed by atoms with Crippen molar-refractivity contribution in [2.24, 2.45) is 0 Å². The largest absolute Gasteiger partial charge is 0.125 e. The SMILES string of the molecule is ClC1=CC=C=CC1.ClC1=CC=C=CC1.ClC1=CC=C=CC1.[In]. The van der Waals surface area contributed by atoms with Gasteiger partial charge in [-0.05, 0) is 54.7 Å². The fraction of sp³-hybridized carbons (Fsp3) is 0.167. The third-order valence-electron chi connectivity index (χ3n) is 2.33. The van der Waals surface area contributed by atoms with Crippen LogP contribution in [0, 0.1) is 0 Å². The molecule has 0 aromatic rings. The molecule has 4 heteroatoms. The Morgan fingerprint density at radius 3 is 0.955 bits per heavy atom. The zero-order valence-electron chi connectivity index (χ0n) is 12.0. The topological polar surface area (TPSA) is 0 Å². The van der Waals surface area contributed by atoms with Gasteiger partial charge in [-0.25, -0.2) is 0 Å². The average molecular weight is 452 g/mol. The summed E-state index contributed by atoms with van der Waals surface area (Å²) in [6.45, 7) is 0. The third kappa shape index (κ3) is 12.1. The molecule has 0 saturated heterocycles. The number of halogens is 3. The predicted octanol–water partition coefficient (Wildman–Crippen LogP) is 6.29. The van der Waals surface area contributed by atoms with Crippen molar-refractivity contribution < 1.29 is 0 Å². The van der Waals surface area contributed by atoms with Gasteiger partial charge in [0.1, 0.15) is 0 Å². The second kappa shape index (κ2) is 14.1. The summed E-state index contributed by atoms with van der Waals surface area (Å²) in [6.07, 6.45) is 19.2. The molecule has 0 atom stereocenters. The summed E-state index contributed by atoms with van der Waals surface area (Å²) in [5.74, 6) is 0. The van der Waals surface area contributed by atoms with Crippen LogP contribution in [0.4, 0.5) is 0 Å². The number of hydrogen-bond donors (Lipinski definition) is 0. The summed E-state index contributed by atoms with van der Waals surface area (Å²) in [5.41, 5.74) is 8.71. The summed E-state index contributed by atoms with van der Waals surface area (Å²) >= 11 is 16.7. The van der Waals surface area contributed by atoms with Gasteiger partial charge in [-0.1, -0.05) is 34.8 Å². The van der Waals surface area contributed by atoms with Crippen LogP contribution in [0.2, 0.25) is 0 Å². The van der Waals surface area contributed by atoms with E-state index >= 15 is 0 Å². The summed E-state index contributed by atoms with van der Waals surface area (Å²) < 4.78 is 0. The molecule has 0 N–H and O–H groups in total. The van der Waals surface area contributed by atoms with Crippen molar-refractivity contribution in [1.29, 1.82) is 0 Å². The van der Waals surface area contributed by atoms with Crippen LogP contribution in [0.3, 0.4) is 0 Å². The van der Waals surface area contributed by atoms with Crippen LogP contribution in [0.15, 0.2) is 87.0 Å². The first-order valence-corrected chi connectivity index (χ1v) is 7.58. The maximum Gasteiger partial charge on any atom is 0.0231 e. The molecule has 0 unspecified atom stereocenters. The minimum atomic E-state index is 0. The van der Waals surface area contributed by atoms with E-state index in [1.165, 1.54) is 0 Å². The van der Waals surface area contributed by atoms with Crippen molar-refractivity contribution in [1.82, 2.24) is 0 Å². The van der Waals surface area contributed by atoms with E-state index in [0.717, 1.165) is 34.4 Å². The predicted molar refractivity (Wildman–Crippen MR) is 99.4 cm³/mol. The van der Waals surface area contributed by atoms with Gasteiger partial charge >= 0.3 is 0 Å². The molecule has 3 rings (SSSR count). The van der Waals surface area contributed by atoms with Gasteiger partial charge in [-0.3, -0.25) is 0 Å². The van der Waals surface area contributed by atoms with E-state index in [1.54, 1.807) is 0 Å². The first-order chi connectivity index (χ1) is 10.2. The molecular formula is C18H15Cl3In. The summed E-state index contributed by atoms with van der Waals surface area (Å²) in [5, 5.41) is 2.66. The standard InChI is InChI=1S/3C6H5Cl.In/c3*7-6-4-2-1-3-5-6;/h3*2-4H,5H2;. The van der Waals surface area contributed by atoms with E-state index < -0.39 is 0 Å². The van der Waals surface area contributed by atoms with Crippen molar-refractivity contribution >= 4 is 60.6 Å². The maximum atomic E-state index is 5.58. The van der Waals surface area contributed by atoms with Crippen molar-refractivity contribution in [3.05, 3.63) is 87.0 Å². The second-order valence-corrected chi connectivity index (χ2v) is 5.52. The van der Waals surface area contributed by atoms with Crippen LogP contribution in [-0.2, 0) is 0 Å². The number of rotatable bonds is 0. The molecule has 0 saturated carbocycles. The minimum Gasteiger partial charge on any atom is -0.125 e. The van der Waals surface area contributed by atoms with Crippen LogP contribution in [-0.4, -0.2) is 25.8 Å². The molecule has 22 heavy (non-hydrogen) atoms. The van der Waals surface area contributed by atoms with Gasteiger partial charge in [-0.15, -0.1) is 17.2 Å². The monoisotopic (exact) mass is 451 g/mol. The Morgan fingerprint density at radius 2 is 0.864 bits per heavy atom. The van der Waals surface area contributed by atoms with Gasteiger partial charge in [-0.2, -0.15) is 0 Å². The first kappa shape index (κ1) is 21.5. The zero-order chi connectivity index (χ0) is 15.3. The smallest absolute Gasteiger partial charge is 0.0231 e. The van der Waals surface area contributed by atoms with Crippen LogP contribution < -0.4 is 0 Å². The fourth-order valence-corrected chi connectivity index (χ4v) is 1.71. The molecule has 0 aromatic carbocycles. The molecule has 0 amide bonds. The van der Waals surface area contributed by atoms with Gasteiger partial charge in [0.2, 0.25) is 0 Å². The summed E-state index contributed by atoms with van der Waals surface area (Å²) in [4.78, 5) is 0. The molecule has 0 heterocycles. The molecule has 0 nitrogen and oxygen atoms in total. The minimum absolute atomic E-state index is 0. The number of allylic oxidation sites excluding steroid dienone is 9. The normalized spacial score (nSPS) is 16.2. The van der Waals surface area contributed by atoms with E-state index in [2.05, 4.69) is 17.2 Å². The zero-order valence-corrected chi connectivity index (χ0v) is 17.6. The van der Waals surface area contributed by atoms with Gasteiger partial charge in [0.05, 0.1) is 0 Å². The van der Waals surface area contributed by atoms with E-state index in [-0.39, 0.29) is 25.8 Å². The van der Waals surface area contributed by atoms with Gasteiger partial charge in [0.25, 0.3) is 0 Å². The van der Waals surface area contributed by atoms with E-state index in [9.17, 15) is 0 Å². The van der Waals surface area contributed by atoms with Crippen molar-refractivity contribution in [2.45, 2.75) is 19.3 Å². The Balaban J connectivity index is 0.000000294. The first-order valence-electron chi connectivity index (χ1n) is 6.45. The molecule has 111 valence electrons. The maximum absolute atomic E-state index is 5.58. The molecule has 3 aliphatic carbocycles. The van der Waals surface area contributed by atoms with Gasteiger partial charge in [0, 0.05) is 60.2 Å². The van der Waals surface area contributed by atoms with Crippen LogP contribution >= 0.6 is 34.8 Å². The van der Waals surface area contributed by atoms with Crippen molar-refractivity contribution in [3.63, 3.8) is 0 Å². The Bertz CT molecular complexity index is 539. The Morgan fingerprint density at radius 1 is 0.591 bits per heavy atom. The van der Waals surface area contributed by atoms with Crippen LogP contribution in [0.1, 0.15) is 19.3 Å². The summed E-state index contributed by atoms with van der Waals surface area (Å²) in [7, 11) is 0. The number of hydrogen-bond acceptors (Lipinski definition) is 0. The fourth-order valence-electron chi connectivity index (χ4n) is 1.29. The van der Waals surface area contributed by atoms with Crippen molar-refractivity contribution in [3.8, 4) is 0 Å². The quantitative estimate of drug-likeness (QED) is 0.379. The molecular weight excluding hydrogens is 437 g/mol. The van der Waals surface area contributed by atoms with Crippen LogP contribution in [0.5, 0.6) is 0 Å². The Labute approximate surface area is 166 Å². The van der Waals surface area contributed by atoms with Crippen LogP contribution in [0.25, 0.3) is 0 Å².